The highest BCUT2D eigenvalue weighted by Crippen LogP contribution is 2.16. The predicted octanol–water partition coefficient (Wildman–Crippen LogP) is 2.46. The van der Waals surface area contributed by atoms with E-state index in [1.165, 1.54) is 6.07 Å². The summed E-state index contributed by atoms with van der Waals surface area (Å²) < 4.78 is 31.2. The summed E-state index contributed by atoms with van der Waals surface area (Å²) in [6.07, 6.45) is 0.965. The molecule has 0 radical (unpaired) electrons. The third kappa shape index (κ3) is 4.94. The second kappa shape index (κ2) is 8.12. The second-order valence-electron chi connectivity index (χ2n) is 5.63. The summed E-state index contributed by atoms with van der Waals surface area (Å²) in [4.78, 5) is 8.48. The van der Waals surface area contributed by atoms with Crippen LogP contribution in [0.15, 0.2) is 24.4 Å². The fourth-order valence-electron chi connectivity index (χ4n) is 2.26. The molecule has 0 aliphatic rings. The van der Waals surface area contributed by atoms with Crippen LogP contribution in [0.25, 0.3) is 0 Å². The average molecular weight is 337 g/mol. The lowest BCUT2D eigenvalue weighted by molar-refractivity contribution is 0.104. The van der Waals surface area contributed by atoms with Gasteiger partial charge in [0.1, 0.15) is 24.3 Å². The molecule has 7 heteroatoms. The number of halogens is 2. The molecule has 0 amide bonds. The molecule has 0 saturated heterocycles. The van der Waals surface area contributed by atoms with Crippen LogP contribution in [0.3, 0.4) is 0 Å². The molecule has 130 valence electrons. The van der Waals surface area contributed by atoms with E-state index in [-0.39, 0.29) is 24.9 Å². The highest BCUT2D eigenvalue weighted by atomic mass is 19.2. The van der Waals surface area contributed by atoms with Crippen molar-refractivity contribution in [2.24, 2.45) is 0 Å². The molecule has 2 aromatic rings. The van der Waals surface area contributed by atoms with E-state index in [0.717, 1.165) is 23.4 Å². The Bertz CT molecular complexity index is 698. The van der Waals surface area contributed by atoms with Gasteiger partial charge in [0, 0.05) is 36.1 Å². The molecule has 1 aromatic heterocycles. The molecular weight excluding hydrogens is 316 g/mol. The number of ether oxygens (including phenoxy) is 1. The second-order valence-corrected chi connectivity index (χ2v) is 5.63. The van der Waals surface area contributed by atoms with Gasteiger partial charge in [-0.1, -0.05) is 0 Å². The maximum Gasteiger partial charge on any atom is 0.162 e. The van der Waals surface area contributed by atoms with E-state index in [4.69, 9.17) is 4.74 Å². The summed E-state index contributed by atoms with van der Waals surface area (Å²) in [5, 5.41) is 13.1. The van der Waals surface area contributed by atoms with Gasteiger partial charge in [0.15, 0.2) is 11.6 Å². The Morgan fingerprint density at radius 3 is 2.67 bits per heavy atom. The Kier molecular flexibility index (Phi) is 6.16. The van der Waals surface area contributed by atoms with Gasteiger partial charge in [0.05, 0.1) is 0 Å². The van der Waals surface area contributed by atoms with Gasteiger partial charge in [0.25, 0.3) is 0 Å². The van der Waals surface area contributed by atoms with Crippen molar-refractivity contribution in [3.05, 3.63) is 53.1 Å². The van der Waals surface area contributed by atoms with Crippen molar-refractivity contribution in [3.63, 3.8) is 0 Å². The monoisotopic (exact) mass is 337 g/mol. The molecule has 1 aromatic carbocycles. The number of aryl methyl sites for hydroxylation is 2. The zero-order valence-electron chi connectivity index (χ0n) is 13.9. The molecule has 2 N–H and O–H groups in total. The van der Waals surface area contributed by atoms with Crippen molar-refractivity contribution in [1.29, 1.82) is 0 Å². The van der Waals surface area contributed by atoms with Crippen LogP contribution in [0.5, 0.6) is 5.75 Å². The van der Waals surface area contributed by atoms with Crippen LogP contribution in [0.1, 0.15) is 30.0 Å². The minimum atomic E-state index is -0.983. The van der Waals surface area contributed by atoms with Gasteiger partial charge in [-0.15, -0.1) is 0 Å². The Morgan fingerprint density at radius 2 is 2.00 bits per heavy atom. The van der Waals surface area contributed by atoms with Gasteiger partial charge in [0.2, 0.25) is 0 Å². The summed E-state index contributed by atoms with van der Waals surface area (Å²) in [5.41, 5.74) is 1.84. The molecule has 2 rings (SSSR count). The van der Waals surface area contributed by atoms with Gasteiger partial charge in [-0.3, -0.25) is 0 Å². The SMILES string of the molecule is Cc1ncc(C(C)NCC(O)COc2ccc(F)c(F)c2)c(C)n1. The number of hydrogen-bond acceptors (Lipinski definition) is 5. The Morgan fingerprint density at radius 1 is 1.25 bits per heavy atom. The number of benzene rings is 1. The Labute approximate surface area is 139 Å². The van der Waals surface area contributed by atoms with Crippen LogP contribution in [-0.4, -0.2) is 34.3 Å². The van der Waals surface area contributed by atoms with Crippen molar-refractivity contribution in [2.45, 2.75) is 32.9 Å². The number of nitrogens with one attached hydrogen (secondary N) is 1. The molecule has 1 heterocycles. The molecule has 0 bridgehead atoms. The number of aliphatic hydroxyl groups excluding tert-OH is 1. The molecule has 0 saturated carbocycles. The van der Waals surface area contributed by atoms with Gasteiger partial charge in [-0.25, -0.2) is 18.7 Å². The van der Waals surface area contributed by atoms with Crippen molar-refractivity contribution in [1.82, 2.24) is 15.3 Å². The van der Waals surface area contributed by atoms with E-state index in [9.17, 15) is 13.9 Å². The fourth-order valence-corrected chi connectivity index (χ4v) is 2.26. The highest BCUT2D eigenvalue weighted by molar-refractivity contribution is 5.23. The van der Waals surface area contributed by atoms with Crippen LogP contribution >= 0.6 is 0 Å². The quantitative estimate of drug-likeness (QED) is 0.812. The number of aromatic nitrogens is 2. The zero-order chi connectivity index (χ0) is 17.7. The van der Waals surface area contributed by atoms with Crippen LogP contribution < -0.4 is 10.1 Å². The first-order valence-corrected chi connectivity index (χ1v) is 7.66. The molecule has 0 spiro atoms. The first-order valence-electron chi connectivity index (χ1n) is 7.66. The lowest BCUT2D eigenvalue weighted by Crippen LogP contribution is -2.33. The number of hydrogen-bond donors (Lipinski definition) is 2. The molecule has 0 aliphatic heterocycles. The van der Waals surface area contributed by atoms with E-state index in [2.05, 4.69) is 15.3 Å². The molecule has 0 aliphatic carbocycles. The molecule has 24 heavy (non-hydrogen) atoms. The first-order chi connectivity index (χ1) is 11.4. The van der Waals surface area contributed by atoms with E-state index in [1.54, 1.807) is 6.20 Å². The molecule has 2 unspecified atom stereocenters. The maximum absolute atomic E-state index is 13.1. The fraction of sp³-hybridized carbons (Fsp3) is 0.412. The smallest absolute Gasteiger partial charge is 0.162 e. The van der Waals surface area contributed by atoms with Crippen molar-refractivity contribution in [3.8, 4) is 5.75 Å². The summed E-state index contributed by atoms with van der Waals surface area (Å²) in [6, 6.07) is 3.21. The predicted molar refractivity (Wildman–Crippen MR) is 85.8 cm³/mol. The van der Waals surface area contributed by atoms with Gasteiger partial charge < -0.3 is 15.2 Å². The third-order valence-corrected chi connectivity index (χ3v) is 3.60. The lowest BCUT2D eigenvalue weighted by Gasteiger charge is -2.19. The van der Waals surface area contributed by atoms with E-state index in [0.29, 0.717) is 5.82 Å². The summed E-state index contributed by atoms with van der Waals surface area (Å²) in [6.45, 7) is 5.93. The normalized spacial score (nSPS) is 13.6. The minimum Gasteiger partial charge on any atom is -0.491 e. The van der Waals surface area contributed by atoms with Crippen LogP contribution in [0.2, 0.25) is 0 Å². The Hall–Kier alpha value is -2.12. The minimum absolute atomic E-state index is 0.0336. The van der Waals surface area contributed by atoms with Gasteiger partial charge in [-0.2, -0.15) is 0 Å². The van der Waals surface area contributed by atoms with Gasteiger partial charge >= 0.3 is 0 Å². The number of nitrogens with zero attached hydrogens (tertiary/aromatic N) is 2. The first kappa shape index (κ1) is 18.2. The number of rotatable bonds is 7. The van der Waals surface area contributed by atoms with Crippen LogP contribution in [-0.2, 0) is 0 Å². The third-order valence-electron chi connectivity index (χ3n) is 3.60. The maximum atomic E-state index is 13.1. The van der Waals surface area contributed by atoms with Crippen molar-refractivity contribution < 1.29 is 18.6 Å². The molecular formula is C17H21F2N3O2. The van der Waals surface area contributed by atoms with Crippen LogP contribution in [0, 0.1) is 25.5 Å². The summed E-state index contributed by atoms with van der Waals surface area (Å²) >= 11 is 0. The van der Waals surface area contributed by atoms with Crippen LogP contribution in [0.4, 0.5) is 8.78 Å². The molecule has 2 atom stereocenters. The summed E-state index contributed by atoms with van der Waals surface area (Å²) in [5.74, 6) is -1.04. The Balaban J connectivity index is 1.81. The molecule has 0 fully saturated rings. The topological polar surface area (TPSA) is 67.3 Å². The largest absolute Gasteiger partial charge is 0.491 e. The average Bonchev–Trinajstić information content (AvgIpc) is 2.53. The van der Waals surface area contributed by atoms with E-state index < -0.39 is 17.7 Å². The van der Waals surface area contributed by atoms with Crippen molar-refractivity contribution in [2.75, 3.05) is 13.2 Å². The van der Waals surface area contributed by atoms with Crippen molar-refractivity contribution >= 4 is 0 Å². The van der Waals surface area contributed by atoms with E-state index in [1.807, 2.05) is 20.8 Å². The standard InChI is InChI=1S/C17H21F2N3O2/c1-10(15-8-21-12(3)22-11(15)2)20-7-13(23)9-24-14-4-5-16(18)17(19)6-14/h4-6,8,10,13,20,23H,7,9H2,1-3H3. The molecule has 5 nitrogen and oxygen atoms in total. The summed E-state index contributed by atoms with van der Waals surface area (Å²) in [7, 11) is 0. The lowest BCUT2D eigenvalue weighted by atomic mass is 10.1. The van der Waals surface area contributed by atoms with E-state index >= 15 is 0 Å². The van der Waals surface area contributed by atoms with Gasteiger partial charge in [-0.05, 0) is 32.9 Å². The highest BCUT2D eigenvalue weighted by Gasteiger charge is 2.13. The number of aliphatic hydroxyl groups is 1. The zero-order valence-corrected chi connectivity index (χ0v) is 13.9.